The molecule has 2 N–H and O–H groups in total. The van der Waals surface area contributed by atoms with Gasteiger partial charge in [-0.3, -0.25) is 0 Å². The highest BCUT2D eigenvalue weighted by molar-refractivity contribution is 6.14. The highest BCUT2D eigenvalue weighted by Crippen LogP contribution is 2.32. The number of hydrogen-bond acceptors (Lipinski definition) is 10. The van der Waals surface area contributed by atoms with Gasteiger partial charge in [0.15, 0.2) is 0 Å². The van der Waals surface area contributed by atoms with Crippen molar-refractivity contribution in [2.24, 2.45) is 0 Å². The fourth-order valence-corrected chi connectivity index (χ4v) is 5.44. The molecule has 7 rings (SSSR count). The summed E-state index contributed by atoms with van der Waals surface area (Å²) in [6.07, 6.45) is -2.70. The van der Waals surface area contributed by atoms with Crippen molar-refractivity contribution >= 4 is 23.9 Å². The molecule has 2 heterocycles. The number of ether oxygens (including phenoxy) is 4. The molecule has 0 aromatic heterocycles. The molecular formula is C37H24O10. The summed E-state index contributed by atoms with van der Waals surface area (Å²) in [5, 5.41) is 20.3. The van der Waals surface area contributed by atoms with Gasteiger partial charge in [0, 0.05) is 11.1 Å². The van der Waals surface area contributed by atoms with E-state index in [1.165, 1.54) is 36.4 Å². The van der Waals surface area contributed by atoms with E-state index in [-0.39, 0.29) is 22.3 Å². The van der Waals surface area contributed by atoms with Crippen LogP contribution in [0.1, 0.15) is 70.7 Å². The van der Waals surface area contributed by atoms with Gasteiger partial charge in [-0.25, -0.2) is 19.2 Å². The molecule has 232 valence electrons. The zero-order valence-electron chi connectivity index (χ0n) is 24.6. The minimum atomic E-state index is -1.36. The smallest absolute Gasteiger partial charge is 0.346 e. The largest absolute Gasteiger partial charge is 0.461 e. The maximum absolute atomic E-state index is 12.8. The number of esters is 4. The molecule has 5 aromatic carbocycles. The number of aryl methyl sites for hydroxylation is 1. The Kier molecular flexibility index (Phi) is 7.36. The molecule has 10 nitrogen and oxygen atoms in total. The zero-order chi connectivity index (χ0) is 32.8. The summed E-state index contributed by atoms with van der Waals surface area (Å²) in [4.78, 5) is 48.2. The molecule has 0 radical (unpaired) electrons. The molecule has 2 aliphatic heterocycles. The molecule has 2 aliphatic rings. The quantitative estimate of drug-likeness (QED) is 0.0940. The summed E-state index contributed by atoms with van der Waals surface area (Å²) in [5.74, 6) is -2.02. The Hall–Kier alpha value is -6.10. The predicted octanol–water partition coefficient (Wildman–Crippen LogP) is 6.09. The monoisotopic (exact) mass is 628 g/mol. The minimum absolute atomic E-state index is 0.0904. The first-order valence-electron chi connectivity index (χ1n) is 14.5. The van der Waals surface area contributed by atoms with Gasteiger partial charge in [-0.05, 0) is 83.3 Å². The normalized spacial score (nSPS) is 15.4. The van der Waals surface area contributed by atoms with Crippen molar-refractivity contribution in [2.45, 2.75) is 19.5 Å². The van der Waals surface area contributed by atoms with Crippen molar-refractivity contribution in [3.8, 4) is 33.8 Å². The number of fused-ring (bicyclic) bond motifs is 2. The topological polar surface area (TPSA) is 146 Å². The highest BCUT2D eigenvalue weighted by Gasteiger charge is 2.31. The molecule has 2 atom stereocenters. The van der Waals surface area contributed by atoms with Crippen LogP contribution in [-0.4, -0.2) is 34.1 Å². The second-order valence-electron chi connectivity index (χ2n) is 11.0. The van der Waals surface area contributed by atoms with E-state index >= 15 is 0 Å². The summed E-state index contributed by atoms with van der Waals surface area (Å²) in [6.45, 7) is 1.83. The Labute approximate surface area is 267 Å². The maximum Gasteiger partial charge on any atom is 0.346 e. The van der Waals surface area contributed by atoms with E-state index in [0.29, 0.717) is 22.6 Å². The van der Waals surface area contributed by atoms with Gasteiger partial charge < -0.3 is 29.2 Å². The zero-order valence-corrected chi connectivity index (χ0v) is 24.6. The molecule has 0 fully saturated rings. The first-order chi connectivity index (χ1) is 22.6. The van der Waals surface area contributed by atoms with Crippen molar-refractivity contribution in [3.63, 3.8) is 0 Å². The third-order valence-corrected chi connectivity index (χ3v) is 7.98. The summed E-state index contributed by atoms with van der Waals surface area (Å²) in [6, 6.07) is 29.1. The lowest BCUT2D eigenvalue weighted by atomic mass is 9.99. The number of hydrogen-bond donors (Lipinski definition) is 2. The second kappa shape index (κ2) is 11.7. The van der Waals surface area contributed by atoms with Crippen LogP contribution in [0.2, 0.25) is 0 Å². The van der Waals surface area contributed by atoms with Crippen LogP contribution in [0.3, 0.4) is 0 Å². The number of aliphatic hydroxyl groups is 2. The molecule has 0 saturated heterocycles. The van der Waals surface area contributed by atoms with E-state index in [4.69, 9.17) is 14.2 Å². The molecule has 0 amide bonds. The lowest BCUT2D eigenvalue weighted by molar-refractivity contribution is -0.0548. The average molecular weight is 629 g/mol. The van der Waals surface area contributed by atoms with Crippen LogP contribution in [0.4, 0.5) is 0 Å². The van der Waals surface area contributed by atoms with Crippen LogP contribution in [-0.2, 0) is 9.47 Å². The fourth-order valence-electron chi connectivity index (χ4n) is 5.44. The van der Waals surface area contributed by atoms with Gasteiger partial charge in [-0.2, -0.15) is 0 Å². The van der Waals surface area contributed by atoms with E-state index < -0.39 is 36.5 Å². The van der Waals surface area contributed by atoms with Crippen LogP contribution < -0.4 is 9.47 Å². The van der Waals surface area contributed by atoms with Crippen molar-refractivity contribution in [1.82, 2.24) is 0 Å². The van der Waals surface area contributed by atoms with Crippen LogP contribution in [0, 0.1) is 6.92 Å². The predicted molar refractivity (Wildman–Crippen MR) is 166 cm³/mol. The highest BCUT2D eigenvalue weighted by atomic mass is 16.6. The third-order valence-electron chi connectivity index (χ3n) is 7.98. The molecule has 2 unspecified atom stereocenters. The molecular weight excluding hydrogens is 604 g/mol. The summed E-state index contributed by atoms with van der Waals surface area (Å²) < 4.78 is 20.6. The molecule has 0 aliphatic carbocycles. The van der Waals surface area contributed by atoms with Gasteiger partial charge in [-0.1, -0.05) is 54.6 Å². The number of aliphatic hydroxyl groups excluding tert-OH is 2. The fraction of sp³-hybridized carbons (Fsp3) is 0.0811. The van der Waals surface area contributed by atoms with Gasteiger partial charge in [0.25, 0.3) is 0 Å². The summed E-state index contributed by atoms with van der Waals surface area (Å²) >= 11 is 0. The number of cyclic esters (lactones) is 3. The lowest BCUT2D eigenvalue weighted by Gasteiger charge is -2.15. The van der Waals surface area contributed by atoms with E-state index in [1.807, 2.05) is 55.5 Å². The molecule has 0 saturated carbocycles. The first-order valence-corrected chi connectivity index (χ1v) is 14.5. The molecule has 10 heteroatoms. The van der Waals surface area contributed by atoms with Crippen LogP contribution in [0.25, 0.3) is 22.3 Å². The molecule has 47 heavy (non-hydrogen) atoms. The van der Waals surface area contributed by atoms with Crippen molar-refractivity contribution in [3.05, 3.63) is 142 Å². The Balaban J connectivity index is 0.998. The Morgan fingerprint density at radius 2 is 1.34 bits per heavy atom. The maximum atomic E-state index is 12.8. The van der Waals surface area contributed by atoms with Gasteiger partial charge in [0.05, 0.1) is 22.3 Å². The van der Waals surface area contributed by atoms with Crippen molar-refractivity contribution < 1.29 is 48.3 Å². The minimum Gasteiger partial charge on any atom is -0.461 e. The van der Waals surface area contributed by atoms with Crippen molar-refractivity contribution in [2.75, 3.05) is 0 Å². The molecule has 0 spiro atoms. The third kappa shape index (κ3) is 5.63. The van der Waals surface area contributed by atoms with E-state index in [0.717, 1.165) is 27.8 Å². The van der Waals surface area contributed by atoms with E-state index in [1.54, 1.807) is 18.2 Å². The van der Waals surface area contributed by atoms with Gasteiger partial charge in [-0.15, -0.1) is 0 Å². The Morgan fingerprint density at radius 3 is 2.04 bits per heavy atom. The standard InChI is InChI=1S/C37H24O10/c1-19-16-23(10-15-31(19)45-33(39)25-9-14-28-30(18-25)37(43)47-35(28)41)22-4-2-20(3-5-22)21-6-11-26(12-7-21)44-32(38)24-8-13-27-29(17-24)36(42)46-34(27)40/h2-18,32,35,38,41H,1H3. The van der Waals surface area contributed by atoms with Gasteiger partial charge in [0.2, 0.25) is 12.6 Å². The average Bonchev–Trinajstić information content (AvgIpc) is 3.53. The van der Waals surface area contributed by atoms with Gasteiger partial charge >= 0.3 is 23.9 Å². The number of rotatable bonds is 7. The number of carbonyl (C=O) groups is 4. The van der Waals surface area contributed by atoms with Crippen molar-refractivity contribution in [1.29, 1.82) is 0 Å². The second-order valence-corrected chi connectivity index (χ2v) is 11.0. The van der Waals surface area contributed by atoms with E-state index in [2.05, 4.69) is 4.74 Å². The van der Waals surface area contributed by atoms with E-state index in [9.17, 15) is 29.4 Å². The molecule has 0 bridgehead atoms. The number of benzene rings is 5. The summed E-state index contributed by atoms with van der Waals surface area (Å²) in [5.41, 5.74) is 5.64. The SMILES string of the molecule is Cc1cc(-c2ccc(-c3ccc(OC(O)c4ccc5c(c4)C(=O)OC5=O)cc3)cc2)ccc1OC(=O)c1ccc2c(c1)C(=O)OC2O. The van der Waals surface area contributed by atoms with Crippen LogP contribution >= 0.6 is 0 Å². The number of carbonyl (C=O) groups excluding carboxylic acids is 4. The van der Waals surface area contributed by atoms with Gasteiger partial charge in [0.1, 0.15) is 11.5 Å². The van der Waals surface area contributed by atoms with Crippen LogP contribution in [0.15, 0.2) is 103 Å². The Bertz CT molecular complexity index is 2100. The lowest BCUT2D eigenvalue weighted by Crippen LogP contribution is -2.10. The Morgan fingerprint density at radius 1 is 0.702 bits per heavy atom. The summed E-state index contributed by atoms with van der Waals surface area (Å²) in [7, 11) is 0. The molecule has 5 aromatic rings. The van der Waals surface area contributed by atoms with Crippen LogP contribution in [0.5, 0.6) is 11.5 Å². The first kappa shape index (κ1) is 29.6.